The molecule has 0 fully saturated rings. The van der Waals surface area contributed by atoms with Crippen LogP contribution in [-0.2, 0) is 6.42 Å². The van der Waals surface area contributed by atoms with Crippen LogP contribution in [0.4, 0.5) is 0 Å². The molecule has 19 heavy (non-hydrogen) atoms. The van der Waals surface area contributed by atoms with Gasteiger partial charge in [-0.25, -0.2) is 0 Å². The number of aromatic nitrogens is 1. The van der Waals surface area contributed by atoms with E-state index in [1.165, 1.54) is 11.1 Å². The van der Waals surface area contributed by atoms with Gasteiger partial charge in [0.05, 0.1) is 5.52 Å². The topological polar surface area (TPSA) is 22.0 Å². The van der Waals surface area contributed by atoms with Gasteiger partial charge in [-0.1, -0.05) is 36.4 Å². The van der Waals surface area contributed by atoms with E-state index in [9.17, 15) is 4.79 Å². The fourth-order valence-electron chi connectivity index (χ4n) is 2.41. The summed E-state index contributed by atoms with van der Waals surface area (Å²) >= 11 is 0. The van der Waals surface area contributed by atoms with Gasteiger partial charge in [-0.2, -0.15) is 0 Å². The molecule has 0 aliphatic rings. The minimum Gasteiger partial charge on any atom is -0.287 e. The summed E-state index contributed by atoms with van der Waals surface area (Å²) in [5.74, 6) is 0.0470. The van der Waals surface area contributed by atoms with Crippen LogP contribution in [0.5, 0.6) is 0 Å². The maximum Gasteiger partial charge on any atom is 0.227 e. The van der Waals surface area contributed by atoms with Gasteiger partial charge in [0, 0.05) is 18.5 Å². The Morgan fingerprint density at radius 3 is 2.53 bits per heavy atom. The SMILES string of the molecule is CC(=O)n1ccc2cc(Cc3ccccc3)ccc21. The summed E-state index contributed by atoms with van der Waals surface area (Å²) in [6.07, 6.45) is 2.75. The molecule has 94 valence electrons. The van der Waals surface area contributed by atoms with Gasteiger partial charge in [0.15, 0.2) is 0 Å². The smallest absolute Gasteiger partial charge is 0.227 e. The molecule has 0 N–H and O–H groups in total. The van der Waals surface area contributed by atoms with E-state index in [0.717, 1.165) is 17.3 Å². The van der Waals surface area contributed by atoms with Crippen molar-refractivity contribution in [1.29, 1.82) is 0 Å². The van der Waals surface area contributed by atoms with Gasteiger partial charge in [0.1, 0.15) is 0 Å². The summed E-state index contributed by atoms with van der Waals surface area (Å²) in [6.45, 7) is 1.58. The molecule has 1 aromatic heterocycles. The second-order valence-electron chi connectivity index (χ2n) is 4.76. The standard InChI is InChI=1S/C17H15NO/c1-13(19)18-10-9-16-12-15(7-8-17(16)18)11-14-5-3-2-4-6-14/h2-10,12H,11H2,1H3. The van der Waals surface area contributed by atoms with Crippen molar-refractivity contribution >= 4 is 16.8 Å². The second kappa shape index (κ2) is 4.73. The van der Waals surface area contributed by atoms with Crippen LogP contribution in [0.3, 0.4) is 0 Å². The zero-order valence-corrected chi connectivity index (χ0v) is 10.8. The monoisotopic (exact) mass is 249 g/mol. The summed E-state index contributed by atoms with van der Waals surface area (Å²) in [5, 5.41) is 1.11. The molecule has 2 aromatic carbocycles. The minimum absolute atomic E-state index is 0.0470. The van der Waals surface area contributed by atoms with Crippen molar-refractivity contribution < 1.29 is 4.79 Å². The van der Waals surface area contributed by atoms with Crippen molar-refractivity contribution in [3.63, 3.8) is 0 Å². The molecule has 2 heteroatoms. The lowest BCUT2D eigenvalue weighted by Gasteiger charge is -2.04. The lowest BCUT2D eigenvalue weighted by Crippen LogP contribution is -2.02. The van der Waals surface area contributed by atoms with Crippen LogP contribution in [0, 0.1) is 0 Å². The van der Waals surface area contributed by atoms with Gasteiger partial charge < -0.3 is 0 Å². The van der Waals surface area contributed by atoms with E-state index in [-0.39, 0.29) is 5.91 Å². The Balaban J connectivity index is 1.97. The number of hydrogen-bond acceptors (Lipinski definition) is 1. The lowest BCUT2D eigenvalue weighted by molar-refractivity contribution is 0.0941. The highest BCUT2D eigenvalue weighted by Crippen LogP contribution is 2.19. The Bertz CT molecular complexity index is 725. The number of hydrogen-bond donors (Lipinski definition) is 0. The van der Waals surface area contributed by atoms with Gasteiger partial charge in [-0.3, -0.25) is 9.36 Å². The first-order valence-corrected chi connectivity index (χ1v) is 6.39. The van der Waals surface area contributed by atoms with Gasteiger partial charge >= 0.3 is 0 Å². The molecule has 0 amide bonds. The average Bonchev–Trinajstić information content (AvgIpc) is 2.83. The number of carbonyl (C=O) groups is 1. The normalized spacial score (nSPS) is 10.8. The largest absolute Gasteiger partial charge is 0.287 e. The second-order valence-corrected chi connectivity index (χ2v) is 4.76. The van der Waals surface area contributed by atoms with E-state index in [4.69, 9.17) is 0 Å². The van der Waals surface area contributed by atoms with Gasteiger partial charge in [0.2, 0.25) is 5.91 Å². The molecule has 0 aliphatic carbocycles. The first-order chi connectivity index (χ1) is 9.24. The van der Waals surface area contributed by atoms with Crippen LogP contribution in [-0.4, -0.2) is 10.5 Å². The zero-order chi connectivity index (χ0) is 13.2. The summed E-state index contributed by atoms with van der Waals surface area (Å²) in [4.78, 5) is 11.5. The van der Waals surface area contributed by atoms with Crippen molar-refractivity contribution in [2.45, 2.75) is 13.3 Å². The van der Waals surface area contributed by atoms with Crippen LogP contribution < -0.4 is 0 Å². The number of carbonyl (C=O) groups excluding carboxylic acids is 1. The fourth-order valence-corrected chi connectivity index (χ4v) is 2.41. The molecule has 0 radical (unpaired) electrons. The molecule has 3 aromatic rings. The van der Waals surface area contributed by atoms with Crippen molar-refractivity contribution in [2.24, 2.45) is 0 Å². The average molecular weight is 249 g/mol. The molecule has 0 atom stereocenters. The van der Waals surface area contributed by atoms with E-state index in [0.29, 0.717) is 0 Å². The zero-order valence-electron chi connectivity index (χ0n) is 10.8. The Morgan fingerprint density at radius 1 is 1.00 bits per heavy atom. The minimum atomic E-state index is 0.0470. The maximum absolute atomic E-state index is 11.5. The summed E-state index contributed by atoms with van der Waals surface area (Å²) in [5.41, 5.74) is 3.54. The molecule has 0 bridgehead atoms. The maximum atomic E-state index is 11.5. The number of benzene rings is 2. The number of nitrogens with zero attached hydrogens (tertiary/aromatic N) is 1. The van der Waals surface area contributed by atoms with Gasteiger partial charge in [0.25, 0.3) is 0 Å². The van der Waals surface area contributed by atoms with E-state index in [1.54, 1.807) is 11.5 Å². The predicted molar refractivity (Wildman–Crippen MR) is 77.5 cm³/mol. The molecule has 3 rings (SSSR count). The Kier molecular flexibility index (Phi) is 2.92. The lowest BCUT2D eigenvalue weighted by atomic mass is 10.0. The van der Waals surface area contributed by atoms with Gasteiger partial charge in [-0.15, -0.1) is 0 Å². The Hall–Kier alpha value is -2.35. The molecular weight excluding hydrogens is 234 g/mol. The fraction of sp³-hybridized carbons (Fsp3) is 0.118. The molecule has 0 spiro atoms. The van der Waals surface area contributed by atoms with Crippen LogP contribution in [0.1, 0.15) is 22.8 Å². The third-order valence-electron chi connectivity index (χ3n) is 3.34. The van der Waals surface area contributed by atoms with Crippen LogP contribution >= 0.6 is 0 Å². The van der Waals surface area contributed by atoms with E-state index in [2.05, 4.69) is 36.4 Å². The summed E-state index contributed by atoms with van der Waals surface area (Å²) in [7, 11) is 0. The molecule has 0 aliphatic heterocycles. The first kappa shape index (κ1) is 11.7. The first-order valence-electron chi connectivity index (χ1n) is 6.39. The third-order valence-corrected chi connectivity index (χ3v) is 3.34. The molecule has 0 saturated heterocycles. The number of fused-ring (bicyclic) bond motifs is 1. The highest BCUT2D eigenvalue weighted by atomic mass is 16.1. The van der Waals surface area contributed by atoms with Crippen LogP contribution in [0.2, 0.25) is 0 Å². The Labute approximate surface area is 112 Å². The van der Waals surface area contributed by atoms with E-state index >= 15 is 0 Å². The van der Waals surface area contributed by atoms with E-state index < -0.39 is 0 Å². The quantitative estimate of drug-likeness (QED) is 0.675. The highest BCUT2D eigenvalue weighted by molar-refractivity contribution is 5.91. The molecule has 0 saturated carbocycles. The third kappa shape index (κ3) is 2.29. The predicted octanol–water partition coefficient (Wildman–Crippen LogP) is 3.89. The molecule has 2 nitrogen and oxygen atoms in total. The van der Waals surface area contributed by atoms with Crippen molar-refractivity contribution in [3.8, 4) is 0 Å². The van der Waals surface area contributed by atoms with Crippen molar-refractivity contribution in [2.75, 3.05) is 0 Å². The highest BCUT2D eigenvalue weighted by Gasteiger charge is 2.05. The van der Waals surface area contributed by atoms with Crippen LogP contribution in [0.15, 0.2) is 60.8 Å². The van der Waals surface area contributed by atoms with Crippen molar-refractivity contribution in [1.82, 2.24) is 4.57 Å². The summed E-state index contributed by atoms with van der Waals surface area (Å²) < 4.78 is 1.68. The molecule has 0 unspecified atom stereocenters. The van der Waals surface area contributed by atoms with E-state index in [1.807, 2.05) is 24.4 Å². The van der Waals surface area contributed by atoms with Gasteiger partial charge in [-0.05, 0) is 35.7 Å². The number of rotatable bonds is 2. The summed E-state index contributed by atoms with van der Waals surface area (Å²) in [6, 6.07) is 18.7. The van der Waals surface area contributed by atoms with Crippen molar-refractivity contribution in [3.05, 3.63) is 71.9 Å². The van der Waals surface area contributed by atoms with Crippen LogP contribution in [0.25, 0.3) is 10.9 Å². The Morgan fingerprint density at radius 2 is 1.79 bits per heavy atom. The molecular formula is C17H15NO. The molecule has 1 heterocycles.